The van der Waals surface area contributed by atoms with E-state index < -0.39 is 6.10 Å². The van der Waals surface area contributed by atoms with Crippen LogP contribution in [0.4, 0.5) is 5.69 Å². The highest BCUT2D eigenvalue weighted by atomic mass is 16.5. The lowest BCUT2D eigenvalue weighted by molar-refractivity contribution is -0.139. The molecular formula is C24H29N3O3. The number of hydrogen-bond donors (Lipinski definition) is 1. The van der Waals surface area contributed by atoms with Crippen LogP contribution in [0.1, 0.15) is 30.4 Å². The molecule has 0 saturated carbocycles. The number of nitrogens with zero attached hydrogens (tertiary/aromatic N) is 2. The number of para-hydroxylation sites is 2. The molecule has 2 aliphatic heterocycles. The van der Waals surface area contributed by atoms with E-state index in [1.54, 1.807) is 0 Å². The van der Waals surface area contributed by atoms with E-state index in [4.69, 9.17) is 4.74 Å². The van der Waals surface area contributed by atoms with Crippen molar-refractivity contribution >= 4 is 17.5 Å². The first kappa shape index (κ1) is 20.3. The van der Waals surface area contributed by atoms with Crippen LogP contribution in [0.5, 0.6) is 5.75 Å². The van der Waals surface area contributed by atoms with Gasteiger partial charge in [0.15, 0.2) is 6.10 Å². The van der Waals surface area contributed by atoms with Gasteiger partial charge in [0.05, 0.1) is 18.8 Å². The Kier molecular flexibility index (Phi) is 6.21. The van der Waals surface area contributed by atoms with Crippen LogP contribution >= 0.6 is 0 Å². The van der Waals surface area contributed by atoms with Gasteiger partial charge in [-0.05, 0) is 49.4 Å². The first-order chi connectivity index (χ1) is 14.6. The van der Waals surface area contributed by atoms with Crippen LogP contribution in [0, 0.1) is 6.92 Å². The number of piperidine rings is 1. The van der Waals surface area contributed by atoms with Gasteiger partial charge in [0.25, 0.3) is 5.91 Å². The van der Waals surface area contributed by atoms with E-state index in [0.717, 1.165) is 42.7 Å². The standard InChI is InChI=1S/C24H29N3O3/c1-18-9-3-4-10-19(18)15-25-23(28)17-27-16-22(24(29)26-13-7-2-8-14-26)30-21-12-6-5-11-20(21)27/h3-6,9-12,22H,2,7-8,13-17H2,1H3,(H,25,28)/t22-/m0/s1. The molecule has 0 radical (unpaired) electrons. The topological polar surface area (TPSA) is 61.9 Å². The number of amides is 2. The molecule has 1 fully saturated rings. The smallest absolute Gasteiger partial charge is 0.265 e. The molecule has 0 bridgehead atoms. The summed E-state index contributed by atoms with van der Waals surface area (Å²) in [5.74, 6) is 0.611. The average molecular weight is 408 g/mol. The van der Waals surface area contributed by atoms with Crippen molar-refractivity contribution in [1.82, 2.24) is 10.2 Å². The quantitative estimate of drug-likeness (QED) is 0.828. The lowest BCUT2D eigenvalue weighted by Crippen LogP contribution is -2.53. The number of fused-ring (bicyclic) bond motifs is 1. The van der Waals surface area contributed by atoms with E-state index in [-0.39, 0.29) is 18.4 Å². The zero-order valence-corrected chi connectivity index (χ0v) is 17.5. The first-order valence-electron chi connectivity index (χ1n) is 10.7. The fourth-order valence-corrected chi connectivity index (χ4v) is 4.13. The molecule has 1 atom stereocenters. The number of likely N-dealkylation sites (tertiary alicyclic amines) is 1. The van der Waals surface area contributed by atoms with Gasteiger partial charge in [0.1, 0.15) is 5.75 Å². The Hall–Kier alpha value is -3.02. The second-order valence-electron chi connectivity index (χ2n) is 8.04. The van der Waals surface area contributed by atoms with Crippen LogP contribution in [0.3, 0.4) is 0 Å². The van der Waals surface area contributed by atoms with Crippen LogP contribution in [0.15, 0.2) is 48.5 Å². The maximum Gasteiger partial charge on any atom is 0.265 e. The van der Waals surface area contributed by atoms with Crippen molar-refractivity contribution in [2.75, 3.05) is 31.1 Å². The minimum Gasteiger partial charge on any atom is -0.477 e. The van der Waals surface area contributed by atoms with E-state index in [1.165, 1.54) is 6.42 Å². The van der Waals surface area contributed by atoms with Crippen LogP contribution in [0.2, 0.25) is 0 Å². The van der Waals surface area contributed by atoms with E-state index in [1.807, 2.05) is 65.3 Å². The number of carbonyl (C=O) groups excluding carboxylic acids is 2. The number of ether oxygens (including phenoxy) is 1. The van der Waals surface area contributed by atoms with Crippen LogP contribution in [-0.2, 0) is 16.1 Å². The number of anilines is 1. The predicted molar refractivity (Wildman–Crippen MR) is 117 cm³/mol. The molecule has 2 heterocycles. The van der Waals surface area contributed by atoms with Crippen molar-refractivity contribution in [3.63, 3.8) is 0 Å². The number of hydrogen-bond acceptors (Lipinski definition) is 4. The van der Waals surface area contributed by atoms with Gasteiger partial charge in [-0.1, -0.05) is 36.4 Å². The number of nitrogens with one attached hydrogen (secondary N) is 1. The molecule has 0 aromatic heterocycles. The van der Waals surface area contributed by atoms with E-state index in [0.29, 0.717) is 18.8 Å². The number of benzene rings is 2. The SMILES string of the molecule is Cc1ccccc1CNC(=O)CN1C[C@@H](C(=O)N2CCCCC2)Oc2ccccc21. The van der Waals surface area contributed by atoms with Crippen molar-refractivity contribution in [3.05, 3.63) is 59.7 Å². The minimum absolute atomic E-state index is 0.0227. The Morgan fingerprint density at radius 1 is 1.03 bits per heavy atom. The molecule has 6 nitrogen and oxygen atoms in total. The van der Waals surface area contributed by atoms with E-state index >= 15 is 0 Å². The third-order valence-corrected chi connectivity index (χ3v) is 5.88. The molecule has 158 valence electrons. The van der Waals surface area contributed by atoms with Crippen LogP contribution in [-0.4, -0.2) is 49.0 Å². The Labute approximate surface area is 177 Å². The largest absolute Gasteiger partial charge is 0.477 e. The molecule has 1 N–H and O–H groups in total. The molecule has 2 aromatic rings. The van der Waals surface area contributed by atoms with E-state index in [2.05, 4.69) is 5.32 Å². The normalized spacial score (nSPS) is 18.4. The summed E-state index contributed by atoms with van der Waals surface area (Å²) in [7, 11) is 0. The monoisotopic (exact) mass is 407 g/mol. The molecule has 1 saturated heterocycles. The van der Waals surface area contributed by atoms with Crippen molar-refractivity contribution < 1.29 is 14.3 Å². The van der Waals surface area contributed by atoms with Crippen LogP contribution < -0.4 is 15.0 Å². The Balaban J connectivity index is 1.43. The second kappa shape index (κ2) is 9.20. The molecule has 2 aromatic carbocycles. The van der Waals surface area contributed by atoms with Gasteiger partial charge in [-0.25, -0.2) is 0 Å². The molecular weight excluding hydrogens is 378 g/mol. The van der Waals surface area contributed by atoms with Gasteiger partial charge >= 0.3 is 0 Å². The number of carbonyl (C=O) groups is 2. The molecule has 0 spiro atoms. The van der Waals surface area contributed by atoms with Crippen molar-refractivity contribution in [2.24, 2.45) is 0 Å². The summed E-state index contributed by atoms with van der Waals surface area (Å²) in [4.78, 5) is 29.6. The van der Waals surface area contributed by atoms with Crippen molar-refractivity contribution in [1.29, 1.82) is 0 Å². The van der Waals surface area contributed by atoms with Crippen LogP contribution in [0.25, 0.3) is 0 Å². The molecule has 0 unspecified atom stereocenters. The third kappa shape index (κ3) is 4.58. The summed E-state index contributed by atoms with van der Waals surface area (Å²) < 4.78 is 6.04. The molecule has 4 rings (SSSR count). The van der Waals surface area contributed by atoms with Gasteiger partial charge in [0, 0.05) is 19.6 Å². The highest BCUT2D eigenvalue weighted by Crippen LogP contribution is 2.33. The second-order valence-corrected chi connectivity index (χ2v) is 8.04. The summed E-state index contributed by atoms with van der Waals surface area (Å²) in [6, 6.07) is 15.6. The molecule has 30 heavy (non-hydrogen) atoms. The Bertz CT molecular complexity index is 908. The molecule has 6 heteroatoms. The molecule has 2 amide bonds. The lowest BCUT2D eigenvalue weighted by atomic mass is 10.1. The average Bonchev–Trinajstić information content (AvgIpc) is 2.78. The highest BCUT2D eigenvalue weighted by Gasteiger charge is 2.34. The summed E-state index contributed by atoms with van der Waals surface area (Å²) in [5, 5.41) is 3.01. The summed E-state index contributed by atoms with van der Waals surface area (Å²) in [5.41, 5.74) is 3.11. The van der Waals surface area contributed by atoms with Gasteiger partial charge in [-0.2, -0.15) is 0 Å². The van der Waals surface area contributed by atoms with Gasteiger partial charge in [-0.15, -0.1) is 0 Å². The first-order valence-corrected chi connectivity index (χ1v) is 10.7. The van der Waals surface area contributed by atoms with E-state index in [9.17, 15) is 9.59 Å². The maximum absolute atomic E-state index is 13.0. The summed E-state index contributed by atoms with van der Waals surface area (Å²) in [6.45, 7) is 4.68. The fraction of sp³-hybridized carbons (Fsp3) is 0.417. The summed E-state index contributed by atoms with van der Waals surface area (Å²) >= 11 is 0. The lowest BCUT2D eigenvalue weighted by Gasteiger charge is -2.38. The summed E-state index contributed by atoms with van der Waals surface area (Å²) in [6.07, 6.45) is 2.67. The zero-order valence-electron chi connectivity index (χ0n) is 17.5. The van der Waals surface area contributed by atoms with Gasteiger partial charge in [-0.3, -0.25) is 9.59 Å². The fourth-order valence-electron chi connectivity index (χ4n) is 4.13. The third-order valence-electron chi connectivity index (χ3n) is 5.88. The Morgan fingerprint density at radius 2 is 1.77 bits per heavy atom. The minimum atomic E-state index is -0.581. The molecule has 2 aliphatic rings. The highest BCUT2D eigenvalue weighted by molar-refractivity contribution is 5.86. The Morgan fingerprint density at radius 3 is 2.57 bits per heavy atom. The molecule has 0 aliphatic carbocycles. The predicted octanol–water partition coefficient (Wildman–Crippen LogP) is 2.89. The van der Waals surface area contributed by atoms with Gasteiger partial charge in [0.2, 0.25) is 5.91 Å². The zero-order chi connectivity index (χ0) is 20.9. The number of aryl methyl sites for hydroxylation is 1. The van der Waals surface area contributed by atoms with Crippen molar-refractivity contribution in [3.8, 4) is 5.75 Å². The van der Waals surface area contributed by atoms with Gasteiger partial charge < -0.3 is 19.9 Å². The maximum atomic E-state index is 13.0. The van der Waals surface area contributed by atoms with Crippen molar-refractivity contribution in [2.45, 2.75) is 38.8 Å². The number of rotatable bonds is 5.